The molecular weight excluding hydrogens is 182 g/mol. The second-order valence-electron chi connectivity index (χ2n) is 4.49. The zero-order chi connectivity index (χ0) is 9.47. The maximum atomic E-state index is 10.8. The molecule has 2 nitrogen and oxygen atoms in total. The van der Waals surface area contributed by atoms with Crippen molar-refractivity contribution in [3.8, 4) is 0 Å². The zero-order valence-corrected chi connectivity index (χ0v) is 8.90. The summed E-state index contributed by atoms with van der Waals surface area (Å²) in [6.45, 7) is 2.21. The van der Waals surface area contributed by atoms with Gasteiger partial charge in [-0.15, -0.1) is 0 Å². The minimum absolute atomic E-state index is 0.0859. The summed E-state index contributed by atoms with van der Waals surface area (Å²) < 4.78 is 0. The molecule has 0 unspecified atom stereocenters. The van der Waals surface area contributed by atoms with Gasteiger partial charge in [0.2, 0.25) is 5.91 Å². The fraction of sp³-hybridized carbons (Fsp3) is 0.900. The largest absolute Gasteiger partial charge is 0.369 e. The Hall–Kier alpha value is -0.180. The topological polar surface area (TPSA) is 43.1 Å². The third-order valence-electron chi connectivity index (χ3n) is 3.48. The van der Waals surface area contributed by atoms with E-state index in [9.17, 15) is 4.79 Å². The standard InChI is InChI=1S/C10H17NOS/c1-2-13-8-5-10(6-8)3-7(4-10)9(11)12/h7-8H,2-6H2,1H3,(H2,11,12). The summed E-state index contributed by atoms with van der Waals surface area (Å²) in [5.74, 6) is 1.34. The lowest BCUT2D eigenvalue weighted by atomic mass is 9.51. The molecule has 0 aliphatic heterocycles. The lowest BCUT2D eigenvalue weighted by Gasteiger charge is -2.56. The van der Waals surface area contributed by atoms with Crippen molar-refractivity contribution in [2.24, 2.45) is 17.1 Å². The van der Waals surface area contributed by atoms with Crippen LogP contribution in [0.3, 0.4) is 0 Å². The number of carbonyl (C=O) groups is 1. The van der Waals surface area contributed by atoms with Crippen molar-refractivity contribution < 1.29 is 4.79 Å². The molecule has 0 bridgehead atoms. The molecule has 0 aromatic heterocycles. The van der Waals surface area contributed by atoms with E-state index in [1.165, 1.54) is 18.6 Å². The molecule has 13 heavy (non-hydrogen) atoms. The van der Waals surface area contributed by atoms with Crippen molar-refractivity contribution >= 4 is 17.7 Å². The minimum Gasteiger partial charge on any atom is -0.369 e. The fourth-order valence-corrected chi connectivity index (χ4v) is 4.19. The van der Waals surface area contributed by atoms with E-state index in [-0.39, 0.29) is 11.8 Å². The smallest absolute Gasteiger partial charge is 0.220 e. The minimum atomic E-state index is -0.0859. The first-order valence-electron chi connectivity index (χ1n) is 5.06. The van der Waals surface area contributed by atoms with Crippen molar-refractivity contribution in [2.75, 3.05) is 5.75 Å². The predicted molar refractivity (Wildman–Crippen MR) is 55.5 cm³/mol. The molecule has 0 atom stereocenters. The van der Waals surface area contributed by atoms with Crippen molar-refractivity contribution in [1.82, 2.24) is 0 Å². The van der Waals surface area contributed by atoms with Gasteiger partial charge in [0.05, 0.1) is 0 Å². The van der Waals surface area contributed by atoms with Gasteiger partial charge in [-0.3, -0.25) is 4.79 Å². The Morgan fingerprint density at radius 2 is 2.08 bits per heavy atom. The monoisotopic (exact) mass is 199 g/mol. The van der Waals surface area contributed by atoms with Crippen molar-refractivity contribution in [2.45, 2.75) is 37.9 Å². The van der Waals surface area contributed by atoms with Gasteiger partial charge in [-0.2, -0.15) is 11.8 Å². The van der Waals surface area contributed by atoms with E-state index in [2.05, 4.69) is 18.7 Å². The first-order valence-corrected chi connectivity index (χ1v) is 6.11. The molecule has 0 heterocycles. The summed E-state index contributed by atoms with van der Waals surface area (Å²) in [6.07, 6.45) is 4.80. The van der Waals surface area contributed by atoms with Crippen molar-refractivity contribution in [3.63, 3.8) is 0 Å². The number of nitrogens with two attached hydrogens (primary N) is 1. The van der Waals surface area contributed by atoms with Crippen LogP contribution in [0.5, 0.6) is 0 Å². The van der Waals surface area contributed by atoms with Gasteiger partial charge in [0.15, 0.2) is 0 Å². The second kappa shape index (κ2) is 3.19. The van der Waals surface area contributed by atoms with Crippen LogP contribution in [0.2, 0.25) is 0 Å². The Bertz CT molecular complexity index is 215. The van der Waals surface area contributed by atoms with Crippen LogP contribution >= 0.6 is 11.8 Å². The summed E-state index contributed by atoms with van der Waals surface area (Å²) in [5.41, 5.74) is 5.79. The third kappa shape index (κ3) is 1.58. The molecular formula is C10H17NOS. The lowest BCUT2D eigenvalue weighted by Crippen LogP contribution is -2.52. The quantitative estimate of drug-likeness (QED) is 0.753. The Morgan fingerprint density at radius 1 is 1.46 bits per heavy atom. The first kappa shape index (κ1) is 9.38. The van der Waals surface area contributed by atoms with Crippen LogP contribution in [0.15, 0.2) is 0 Å². The molecule has 1 spiro atoms. The van der Waals surface area contributed by atoms with E-state index >= 15 is 0 Å². The van der Waals surface area contributed by atoms with Gasteiger partial charge in [0, 0.05) is 11.2 Å². The number of primary amides is 1. The Balaban J connectivity index is 1.73. The van der Waals surface area contributed by atoms with Gasteiger partial charge in [-0.05, 0) is 36.9 Å². The SMILES string of the molecule is CCSC1CC2(C1)CC(C(N)=O)C2. The molecule has 74 valence electrons. The molecule has 0 radical (unpaired) electrons. The highest BCUT2D eigenvalue weighted by Gasteiger charge is 2.54. The number of amides is 1. The lowest BCUT2D eigenvalue weighted by molar-refractivity contribution is -0.133. The van der Waals surface area contributed by atoms with Gasteiger partial charge < -0.3 is 5.73 Å². The average Bonchev–Trinajstić information content (AvgIpc) is 1.90. The molecule has 2 aliphatic rings. The summed E-state index contributed by atoms with van der Waals surface area (Å²) >= 11 is 2.06. The maximum absolute atomic E-state index is 10.8. The molecule has 1 amide bonds. The van der Waals surface area contributed by atoms with E-state index in [1.807, 2.05) is 0 Å². The molecule has 2 N–H and O–H groups in total. The third-order valence-corrected chi connectivity index (χ3v) is 4.62. The Kier molecular flexibility index (Phi) is 2.30. The fourth-order valence-electron chi connectivity index (χ4n) is 2.78. The highest BCUT2D eigenvalue weighted by Crippen LogP contribution is 2.61. The molecule has 0 aromatic rings. The van der Waals surface area contributed by atoms with Crippen LogP contribution in [0.25, 0.3) is 0 Å². The van der Waals surface area contributed by atoms with Gasteiger partial charge in [0.1, 0.15) is 0 Å². The molecule has 2 saturated carbocycles. The van der Waals surface area contributed by atoms with E-state index in [4.69, 9.17) is 5.73 Å². The molecule has 3 heteroatoms. The highest BCUT2D eigenvalue weighted by molar-refractivity contribution is 7.99. The Morgan fingerprint density at radius 3 is 2.54 bits per heavy atom. The van der Waals surface area contributed by atoms with Crippen LogP contribution in [0.4, 0.5) is 0 Å². The molecule has 2 fully saturated rings. The number of rotatable bonds is 3. The summed E-state index contributed by atoms with van der Waals surface area (Å²) in [5, 5.41) is 0.874. The molecule has 0 saturated heterocycles. The summed E-state index contributed by atoms with van der Waals surface area (Å²) in [6, 6.07) is 0. The van der Waals surface area contributed by atoms with Crippen LogP contribution in [-0.2, 0) is 4.79 Å². The van der Waals surface area contributed by atoms with Gasteiger partial charge in [-0.25, -0.2) is 0 Å². The van der Waals surface area contributed by atoms with Crippen molar-refractivity contribution in [1.29, 1.82) is 0 Å². The second-order valence-corrected chi connectivity index (χ2v) is 6.07. The van der Waals surface area contributed by atoms with E-state index in [0.717, 1.165) is 18.1 Å². The van der Waals surface area contributed by atoms with E-state index < -0.39 is 0 Å². The van der Waals surface area contributed by atoms with Gasteiger partial charge >= 0.3 is 0 Å². The zero-order valence-electron chi connectivity index (χ0n) is 8.08. The number of thioether (sulfide) groups is 1. The number of hydrogen-bond acceptors (Lipinski definition) is 2. The van der Waals surface area contributed by atoms with Gasteiger partial charge in [0.25, 0.3) is 0 Å². The normalized spacial score (nSPS) is 42.5. The van der Waals surface area contributed by atoms with Crippen molar-refractivity contribution in [3.05, 3.63) is 0 Å². The first-order chi connectivity index (χ1) is 6.15. The van der Waals surface area contributed by atoms with Crippen LogP contribution in [-0.4, -0.2) is 16.9 Å². The molecule has 0 aromatic carbocycles. The summed E-state index contributed by atoms with van der Waals surface area (Å²) in [4.78, 5) is 10.8. The number of hydrogen-bond donors (Lipinski definition) is 1. The van der Waals surface area contributed by atoms with Crippen LogP contribution < -0.4 is 5.73 Å². The van der Waals surface area contributed by atoms with Gasteiger partial charge in [-0.1, -0.05) is 6.92 Å². The summed E-state index contributed by atoms with van der Waals surface area (Å²) in [7, 11) is 0. The molecule has 2 aliphatic carbocycles. The average molecular weight is 199 g/mol. The van der Waals surface area contributed by atoms with Crippen LogP contribution in [0.1, 0.15) is 32.6 Å². The van der Waals surface area contributed by atoms with E-state index in [0.29, 0.717) is 5.41 Å². The number of carbonyl (C=O) groups excluding carboxylic acids is 1. The van der Waals surface area contributed by atoms with Crippen LogP contribution in [0, 0.1) is 11.3 Å². The predicted octanol–water partition coefficient (Wildman–Crippen LogP) is 1.78. The van der Waals surface area contributed by atoms with E-state index in [1.54, 1.807) is 0 Å². The maximum Gasteiger partial charge on any atom is 0.220 e. The molecule has 2 rings (SSSR count). The Labute approximate surface area is 83.6 Å². The highest BCUT2D eigenvalue weighted by atomic mass is 32.2.